The number of anilines is 1. The third-order valence-corrected chi connectivity index (χ3v) is 3.82. The zero-order valence-corrected chi connectivity index (χ0v) is 14.9. The Labute approximate surface area is 155 Å². The van der Waals surface area contributed by atoms with Crippen LogP contribution in [0.5, 0.6) is 5.75 Å². The van der Waals surface area contributed by atoms with Gasteiger partial charge in [-0.2, -0.15) is 5.10 Å². The fraction of sp³-hybridized carbons (Fsp3) is 0.0667. The summed E-state index contributed by atoms with van der Waals surface area (Å²) in [4.78, 5) is 21.8. The van der Waals surface area contributed by atoms with Gasteiger partial charge in [0.25, 0.3) is 5.91 Å². The second kappa shape index (κ2) is 8.45. The summed E-state index contributed by atoms with van der Waals surface area (Å²) in [5.74, 6) is -0.878. The van der Waals surface area contributed by atoms with Gasteiger partial charge in [-0.15, -0.1) is 0 Å². The van der Waals surface area contributed by atoms with Crippen molar-refractivity contribution in [1.82, 2.24) is 5.43 Å². The predicted octanol–water partition coefficient (Wildman–Crippen LogP) is 3.28. The van der Waals surface area contributed by atoms with Crippen LogP contribution >= 0.6 is 27.5 Å². The normalized spacial score (nSPS) is 10.6. The summed E-state index contributed by atoms with van der Waals surface area (Å²) in [5.41, 5.74) is 2.88. The van der Waals surface area contributed by atoms with Crippen molar-refractivity contribution in [1.29, 1.82) is 0 Å². The highest BCUT2D eigenvalue weighted by Gasteiger charge is 2.17. The summed E-state index contributed by atoms with van der Waals surface area (Å²) in [5, 5.41) is 27.6. The van der Waals surface area contributed by atoms with E-state index in [1.54, 1.807) is 24.3 Å². The molecule has 2 rings (SSSR count). The van der Waals surface area contributed by atoms with Crippen LogP contribution in [0.4, 0.5) is 11.4 Å². The van der Waals surface area contributed by atoms with E-state index in [1.165, 1.54) is 12.3 Å². The van der Waals surface area contributed by atoms with Gasteiger partial charge >= 0.3 is 5.69 Å². The standard InChI is InChI=1S/C15H12BrClN4O4/c16-12-5-9(6-13(15(12)23)21(24)25)7-19-20-14(22)8-18-11-3-1-10(17)2-4-11/h1-7,18,23H,8H2,(H,20,22)/b19-7+. The average Bonchev–Trinajstić information content (AvgIpc) is 2.57. The van der Waals surface area contributed by atoms with Gasteiger partial charge in [-0.1, -0.05) is 11.6 Å². The van der Waals surface area contributed by atoms with Crippen molar-refractivity contribution in [3.8, 4) is 5.75 Å². The molecule has 0 aromatic heterocycles. The minimum absolute atomic E-state index is 0.0155. The highest BCUT2D eigenvalue weighted by Crippen LogP contribution is 2.34. The van der Waals surface area contributed by atoms with E-state index in [0.717, 1.165) is 11.8 Å². The van der Waals surface area contributed by atoms with Crippen molar-refractivity contribution in [2.75, 3.05) is 11.9 Å². The van der Waals surface area contributed by atoms with E-state index in [9.17, 15) is 20.0 Å². The van der Waals surface area contributed by atoms with Crippen LogP contribution in [-0.4, -0.2) is 28.7 Å². The molecule has 1 amide bonds. The van der Waals surface area contributed by atoms with E-state index < -0.39 is 22.3 Å². The number of nitro groups is 1. The number of amides is 1. The molecule has 0 aliphatic heterocycles. The van der Waals surface area contributed by atoms with Crippen molar-refractivity contribution in [3.05, 3.63) is 61.6 Å². The van der Waals surface area contributed by atoms with Crippen LogP contribution < -0.4 is 10.7 Å². The number of carbonyl (C=O) groups is 1. The fourth-order valence-corrected chi connectivity index (χ4v) is 2.38. The zero-order chi connectivity index (χ0) is 18.4. The van der Waals surface area contributed by atoms with Crippen LogP contribution in [0, 0.1) is 10.1 Å². The summed E-state index contributed by atoms with van der Waals surface area (Å²) in [6.45, 7) is -0.0155. The maximum absolute atomic E-state index is 11.7. The number of aromatic hydroxyl groups is 1. The van der Waals surface area contributed by atoms with Gasteiger partial charge in [-0.25, -0.2) is 5.43 Å². The minimum atomic E-state index is -0.716. The lowest BCUT2D eigenvalue weighted by Gasteiger charge is -2.05. The Morgan fingerprint density at radius 2 is 2.04 bits per heavy atom. The van der Waals surface area contributed by atoms with E-state index >= 15 is 0 Å². The molecule has 25 heavy (non-hydrogen) atoms. The highest BCUT2D eigenvalue weighted by atomic mass is 79.9. The molecule has 0 atom stereocenters. The van der Waals surface area contributed by atoms with Gasteiger partial charge in [-0.05, 0) is 46.3 Å². The Morgan fingerprint density at radius 3 is 2.68 bits per heavy atom. The lowest BCUT2D eigenvalue weighted by atomic mass is 10.2. The molecule has 0 fully saturated rings. The third kappa shape index (κ3) is 5.44. The fourth-order valence-electron chi connectivity index (χ4n) is 1.79. The minimum Gasteiger partial charge on any atom is -0.501 e. The molecule has 0 heterocycles. The van der Waals surface area contributed by atoms with Gasteiger partial charge in [-0.3, -0.25) is 14.9 Å². The van der Waals surface area contributed by atoms with Crippen LogP contribution in [0.1, 0.15) is 5.56 Å². The molecule has 130 valence electrons. The Balaban J connectivity index is 1.93. The third-order valence-electron chi connectivity index (χ3n) is 2.96. The maximum atomic E-state index is 11.7. The second-order valence-corrected chi connectivity index (χ2v) is 6.07. The quantitative estimate of drug-likeness (QED) is 0.371. The Hall–Kier alpha value is -2.65. The van der Waals surface area contributed by atoms with Gasteiger partial charge in [0.05, 0.1) is 22.2 Å². The number of nitrogens with zero attached hydrogens (tertiary/aromatic N) is 2. The number of phenolic OH excluding ortho intramolecular Hbond substituents is 1. The second-order valence-electron chi connectivity index (χ2n) is 4.78. The number of phenols is 1. The molecule has 0 bridgehead atoms. The molecule has 3 N–H and O–H groups in total. The van der Waals surface area contributed by atoms with Crippen molar-refractivity contribution in [2.45, 2.75) is 0 Å². The van der Waals surface area contributed by atoms with Crippen LogP contribution in [0.3, 0.4) is 0 Å². The topological polar surface area (TPSA) is 117 Å². The van der Waals surface area contributed by atoms with E-state index in [0.29, 0.717) is 10.6 Å². The van der Waals surface area contributed by atoms with Crippen molar-refractivity contribution >= 4 is 51.0 Å². The van der Waals surface area contributed by atoms with E-state index in [-0.39, 0.29) is 11.0 Å². The van der Waals surface area contributed by atoms with Gasteiger partial charge in [0.1, 0.15) is 0 Å². The largest absolute Gasteiger partial charge is 0.501 e. The first kappa shape index (κ1) is 18.7. The van der Waals surface area contributed by atoms with Crippen LogP contribution in [0.25, 0.3) is 0 Å². The number of hydrogen-bond donors (Lipinski definition) is 3. The number of nitrogens with one attached hydrogen (secondary N) is 2. The molecule has 2 aromatic rings. The number of hydrazone groups is 1. The molecule has 8 nitrogen and oxygen atoms in total. The maximum Gasteiger partial charge on any atom is 0.312 e. The Kier molecular flexibility index (Phi) is 6.31. The van der Waals surface area contributed by atoms with Crippen molar-refractivity contribution < 1.29 is 14.8 Å². The van der Waals surface area contributed by atoms with Crippen molar-refractivity contribution in [3.63, 3.8) is 0 Å². The molecular formula is C15H12BrClN4O4. The first-order chi connectivity index (χ1) is 11.9. The summed E-state index contributed by atoms with van der Waals surface area (Å²) in [6.07, 6.45) is 1.23. The molecule has 0 saturated heterocycles. The molecule has 0 aliphatic carbocycles. The number of carbonyl (C=O) groups excluding carboxylic acids is 1. The number of hydrogen-bond acceptors (Lipinski definition) is 6. The van der Waals surface area contributed by atoms with Crippen LogP contribution in [-0.2, 0) is 4.79 Å². The summed E-state index contributed by atoms with van der Waals surface area (Å²) < 4.78 is 0.152. The first-order valence-electron chi connectivity index (χ1n) is 6.85. The molecule has 0 unspecified atom stereocenters. The molecule has 0 saturated carbocycles. The molecular weight excluding hydrogens is 416 g/mol. The molecule has 10 heteroatoms. The smallest absolute Gasteiger partial charge is 0.312 e. The van der Waals surface area contributed by atoms with E-state index in [2.05, 4.69) is 31.8 Å². The Morgan fingerprint density at radius 1 is 1.36 bits per heavy atom. The number of benzene rings is 2. The summed E-state index contributed by atoms with van der Waals surface area (Å²) >= 11 is 8.78. The molecule has 0 aliphatic rings. The predicted molar refractivity (Wildman–Crippen MR) is 98.1 cm³/mol. The van der Waals surface area contributed by atoms with E-state index in [1.807, 2.05) is 0 Å². The summed E-state index contributed by atoms with van der Waals surface area (Å²) in [7, 11) is 0. The highest BCUT2D eigenvalue weighted by molar-refractivity contribution is 9.10. The average molecular weight is 428 g/mol. The first-order valence-corrected chi connectivity index (χ1v) is 8.02. The van der Waals surface area contributed by atoms with Gasteiger partial charge in [0.2, 0.25) is 5.75 Å². The number of halogens is 2. The Bertz CT molecular complexity index is 827. The van der Waals surface area contributed by atoms with Crippen LogP contribution in [0.15, 0.2) is 46.0 Å². The van der Waals surface area contributed by atoms with E-state index in [4.69, 9.17) is 11.6 Å². The molecule has 0 spiro atoms. The zero-order valence-electron chi connectivity index (χ0n) is 12.6. The molecule has 2 aromatic carbocycles. The van der Waals surface area contributed by atoms with Crippen molar-refractivity contribution in [2.24, 2.45) is 5.10 Å². The van der Waals surface area contributed by atoms with Gasteiger partial charge in [0.15, 0.2) is 0 Å². The van der Waals surface area contributed by atoms with Gasteiger partial charge < -0.3 is 10.4 Å². The van der Waals surface area contributed by atoms with Gasteiger partial charge in [0, 0.05) is 22.3 Å². The SMILES string of the molecule is O=C(CNc1ccc(Cl)cc1)N/N=C/c1cc(Br)c(O)c([N+](=O)[O-])c1. The lowest BCUT2D eigenvalue weighted by Crippen LogP contribution is -2.25. The number of nitro benzene ring substituents is 1. The monoisotopic (exact) mass is 426 g/mol. The van der Waals surface area contributed by atoms with Crippen LogP contribution in [0.2, 0.25) is 5.02 Å². The number of rotatable bonds is 6. The summed E-state index contributed by atoms with van der Waals surface area (Å²) in [6, 6.07) is 9.41. The molecule has 0 radical (unpaired) electrons. The lowest BCUT2D eigenvalue weighted by molar-refractivity contribution is -0.386.